The van der Waals surface area contributed by atoms with Gasteiger partial charge in [-0.1, -0.05) is 6.42 Å². The van der Waals surface area contributed by atoms with E-state index in [1.165, 1.54) is 38.4 Å². The lowest BCUT2D eigenvalue weighted by Gasteiger charge is -2.26. The second-order valence-corrected chi connectivity index (χ2v) is 6.58. The lowest BCUT2D eigenvalue weighted by Crippen LogP contribution is -2.43. The number of rotatable bonds is 6. The number of fused-ring (bicyclic) bond motifs is 1. The zero-order valence-corrected chi connectivity index (χ0v) is 14.9. The first-order chi connectivity index (χ1) is 12.3. The van der Waals surface area contributed by atoms with E-state index in [2.05, 4.69) is 25.5 Å². The van der Waals surface area contributed by atoms with Crippen molar-refractivity contribution >= 4 is 16.9 Å². The standard InChI is InChI=1S/C19H28FN5/c1-21-19(23-9-12-25-10-3-2-4-11-25)22-8-7-15-14-24-18-6-5-16(20)13-17(15)18/h5-6,13-14,24H,2-4,7-12H2,1H3,(H2,21,22,23). The number of guanidine groups is 1. The summed E-state index contributed by atoms with van der Waals surface area (Å²) < 4.78 is 13.4. The van der Waals surface area contributed by atoms with E-state index in [1.807, 2.05) is 6.20 Å². The Kier molecular flexibility index (Phi) is 6.28. The number of hydrogen-bond acceptors (Lipinski definition) is 2. The van der Waals surface area contributed by atoms with Crippen LogP contribution in [0.2, 0.25) is 0 Å². The molecule has 25 heavy (non-hydrogen) atoms. The van der Waals surface area contributed by atoms with E-state index >= 15 is 0 Å². The molecule has 0 unspecified atom stereocenters. The second kappa shape index (κ2) is 8.85. The van der Waals surface area contributed by atoms with Gasteiger partial charge in [-0.2, -0.15) is 0 Å². The molecule has 0 saturated carbocycles. The van der Waals surface area contributed by atoms with Crippen molar-refractivity contribution in [2.45, 2.75) is 25.7 Å². The normalized spacial score (nSPS) is 16.3. The summed E-state index contributed by atoms with van der Waals surface area (Å²) in [6.45, 7) is 5.14. The molecule has 3 rings (SSSR count). The van der Waals surface area contributed by atoms with Crippen LogP contribution in [0.1, 0.15) is 24.8 Å². The molecule has 0 amide bonds. The predicted molar refractivity (Wildman–Crippen MR) is 102 cm³/mol. The van der Waals surface area contributed by atoms with Crippen molar-refractivity contribution in [3.63, 3.8) is 0 Å². The fourth-order valence-corrected chi connectivity index (χ4v) is 3.41. The Hall–Kier alpha value is -2.08. The fourth-order valence-electron chi connectivity index (χ4n) is 3.41. The number of aromatic nitrogens is 1. The maximum Gasteiger partial charge on any atom is 0.191 e. The van der Waals surface area contributed by atoms with Crippen LogP contribution in [-0.2, 0) is 6.42 Å². The summed E-state index contributed by atoms with van der Waals surface area (Å²) in [7, 11) is 1.79. The first kappa shape index (κ1) is 17.7. The van der Waals surface area contributed by atoms with Crippen molar-refractivity contribution < 1.29 is 4.39 Å². The van der Waals surface area contributed by atoms with Crippen molar-refractivity contribution in [1.82, 2.24) is 20.5 Å². The predicted octanol–water partition coefficient (Wildman–Crippen LogP) is 2.50. The Labute approximate surface area is 148 Å². The van der Waals surface area contributed by atoms with Crippen LogP contribution in [0.5, 0.6) is 0 Å². The highest BCUT2D eigenvalue weighted by Gasteiger charge is 2.09. The number of aromatic amines is 1. The molecule has 0 radical (unpaired) electrons. The van der Waals surface area contributed by atoms with Crippen LogP contribution in [0.15, 0.2) is 29.4 Å². The third-order valence-electron chi connectivity index (χ3n) is 4.81. The maximum atomic E-state index is 13.4. The van der Waals surface area contributed by atoms with Crippen LogP contribution in [-0.4, -0.2) is 55.6 Å². The second-order valence-electron chi connectivity index (χ2n) is 6.58. The van der Waals surface area contributed by atoms with Crippen LogP contribution < -0.4 is 10.6 Å². The molecule has 5 nitrogen and oxygen atoms in total. The van der Waals surface area contributed by atoms with E-state index < -0.39 is 0 Å². The van der Waals surface area contributed by atoms with Gasteiger partial charge in [0.2, 0.25) is 0 Å². The zero-order valence-electron chi connectivity index (χ0n) is 14.9. The number of likely N-dealkylation sites (tertiary alicyclic amines) is 1. The number of benzene rings is 1. The van der Waals surface area contributed by atoms with Crippen molar-refractivity contribution in [2.24, 2.45) is 4.99 Å². The molecule has 6 heteroatoms. The van der Waals surface area contributed by atoms with E-state index in [4.69, 9.17) is 0 Å². The smallest absolute Gasteiger partial charge is 0.191 e. The molecular weight excluding hydrogens is 317 g/mol. The maximum absolute atomic E-state index is 13.4. The Morgan fingerprint density at radius 2 is 2.00 bits per heavy atom. The third kappa shape index (κ3) is 4.95. The Bertz CT molecular complexity index is 703. The first-order valence-electron chi connectivity index (χ1n) is 9.18. The van der Waals surface area contributed by atoms with Crippen molar-refractivity contribution in [3.05, 3.63) is 35.8 Å². The zero-order chi connectivity index (χ0) is 17.5. The van der Waals surface area contributed by atoms with E-state index in [1.54, 1.807) is 19.2 Å². The number of hydrogen-bond donors (Lipinski definition) is 3. The topological polar surface area (TPSA) is 55.5 Å². The van der Waals surface area contributed by atoms with Crippen molar-refractivity contribution in [3.8, 4) is 0 Å². The lowest BCUT2D eigenvalue weighted by atomic mass is 10.1. The molecule has 1 aliphatic heterocycles. The lowest BCUT2D eigenvalue weighted by molar-refractivity contribution is 0.232. The monoisotopic (exact) mass is 345 g/mol. The van der Waals surface area contributed by atoms with Gasteiger partial charge in [0.05, 0.1) is 0 Å². The Balaban J connectivity index is 1.42. The molecule has 0 spiro atoms. The number of aliphatic imine (C=N–C) groups is 1. The molecule has 1 aromatic heterocycles. The van der Waals surface area contributed by atoms with Crippen LogP contribution in [0, 0.1) is 5.82 Å². The number of piperidine rings is 1. The molecule has 2 aromatic rings. The van der Waals surface area contributed by atoms with Gasteiger partial charge in [0, 0.05) is 43.8 Å². The number of H-pyrrole nitrogens is 1. The molecular formula is C19H28FN5. The van der Waals surface area contributed by atoms with Gasteiger partial charge in [0.15, 0.2) is 5.96 Å². The highest BCUT2D eigenvalue weighted by atomic mass is 19.1. The van der Waals surface area contributed by atoms with Gasteiger partial charge in [-0.05, 0) is 56.1 Å². The average Bonchev–Trinajstić information content (AvgIpc) is 3.03. The van der Waals surface area contributed by atoms with E-state index in [0.29, 0.717) is 0 Å². The Morgan fingerprint density at radius 1 is 1.20 bits per heavy atom. The molecule has 3 N–H and O–H groups in total. The molecule has 0 aliphatic carbocycles. The highest BCUT2D eigenvalue weighted by Crippen LogP contribution is 2.19. The highest BCUT2D eigenvalue weighted by molar-refractivity contribution is 5.83. The first-order valence-corrected chi connectivity index (χ1v) is 9.18. The minimum Gasteiger partial charge on any atom is -0.361 e. The molecule has 0 bridgehead atoms. The molecule has 1 aromatic carbocycles. The van der Waals surface area contributed by atoms with Gasteiger partial charge >= 0.3 is 0 Å². The van der Waals surface area contributed by atoms with Crippen molar-refractivity contribution in [1.29, 1.82) is 0 Å². The van der Waals surface area contributed by atoms with E-state index in [0.717, 1.165) is 48.5 Å². The van der Waals surface area contributed by atoms with Crippen LogP contribution >= 0.6 is 0 Å². The van der Waals surface area contributed by atoms with E-state index in [9.17, 15) is 4.39 Å². The molecule has 0 atom stereocenters. The van der Waals surface area contributed by atoms with Gasteiger partial charge in [-0.25, -0.2) is 4.39 Å². The summed E-state index contributed by atoms with van der Waals surface area (Å²) in [4.78, 5) is 9.97. The van der Waals surface area contributed by atoms with Gasteiger partial charge in [-0.3, -0.25) is 4.99 Å². The van der Waals surface area contributed by atoms with Crippen LogP contribution in [0.25, 0.3) is 10.9 Å². The molecule has 1 saturated heterocycles. The summed E-state index contributed by atoms with van der Waals surface area (Å²) in [5.41, 5.74) is 2.09. The van der Waals surface area contributed by atoms with E-state index in [-0.39, 0.29) is 5.82 Å². The summed E-state index contributed by atoms with van der Waals surface area (Å²) in [6.07, 6.45) is 6.77. The molecule has 2 heterocycles. The largest absolute Gasteiger partial charge is 0.361 e. The minimum atomic E-state index is -0.198. The van der Waals surface area contributed by atoms with Crippen LogP contribution in [0.4, 0.5) is 4.39 Å². The summed E-state index contributed by atoms with van der Waals surface area (Å²) in [5, 5.41) is 7.66. The van der Waals surface area contributed by atoms with Gasteiger partial charge < -0.3 is 20.5 Å². The van der Waals surface area contributed by atoms with Crippen molar-refractivity contribution in [2.75, 3.05) is 39.8 Å². The summed E-state index contributed by atoms with van der Waals surface area (Å²) in [5.74, 6) is 0.625. The molecule has 1 fully saturated rings. The number of halogens is 1. The number of nitrogens with zero attached hydrogens (tertiary/aromatic N) is 2. The summed E-state index contributed by atoms with van der Waals surface area (Å²) >= 11 is 0. The third-order valence-corrected chi connectivity index (χ3v) is 4.81. The molecule has 1 aliphatic rings. The quantitative estimate of drug-likeness (QED) is 0.557. The van der Waals surface area contributed by atoms with Gasteiger partial charge in [0.1, 0.15) is 5.82 Å². The SMILES string of the molecule is CN=C(NCCc1c[nH]c2ccc(F)cc12)NCCN1CCCCC1. The average molecular weight is 345 g/mol. The number of nitrogens with one attached hydrogen (secondary N) is 3. The van der Waals surface area contributed by atoms with Crippen LogP contribution in [0.3, 0.4) is 0 Å². The van der Waals surface area contributed by atoms with Gasteiger partial charge in [-0.15, -0.1) is 0 Å². The van der Waals surface area contributed by atoms with Gasteiger partial charge in [0.25, 0.3) is 0 Å². The minimum absolute atomic E-state index is 0.198. The summed E-state index contributed by atoms with van der Waals surface area (Å²) in [6, 6.07) is 4.85. The molecule has 136 valence electrons. The fraction of sp³-hybridized carbons (Fsp3) is 0.526. The Morgan fingerprint density at radius 3 is 2.80 bits per heavy atom.